The van der Waals surface area contributed by atoms with Crippen LogP contribution in [0.5, 0.6) is 0 Å². The highest BCUT2D eigenvalue weighted by atomic mass is 16.5. The van der Waals surface area contributed by atoms with Crippen molar-refractivity contribution in [3.63, 3.8) is 0 Å². The van der Waals surface area contributed by atoms with Crippen molar-refractivity contribution >= 4 is 11.8 Å². The Morgan fingerprint density at radius 2 is 2.29 bits per heavy atom. The number of aromatic nitrogens is 1. The number of nitrogens with one attached hydrogen (secondary N) is 1. The van der Waals surface area contributed by atoms with Gasteiger partial charge in [-0.15, -0.1) is 0 Å². The largest absolute Gasteiger partial charge is 0.478 e. The van der Waals surface area contributed by atoms with Gasteiger partial charge in [0.15, 0.2) is 0 Å². The van der Waals surface area contributed by atoms with Crippen LogP contribution in [0.25, 0.3) is 0 Å². The smallest absolute Gasteiger partial charge is 0.339 e. The molecule has 3 rings (SSSR count). The molecule has 0 amide bonds. The first kappa shape index (κ1) is 14.3. The summed E-state index contributed by atoms with van der Waals surface area (Å²) in [7, 11) is 0. The number of carboxylic acid groups (broad SMARTS) is 1. The SMILES string of the molecule is CC1OCCC1CNc1nc2c(cc1C(=O)O)CCCC2. The number of aryl methyl sites for hydroxylation is 2. The van der Waals surface area contributed by atoms with Gasteiger partial charge in [0.2, 0.25) is 0 Å². The minimum absolute atomic E-state index is 0.225. The van der Waals surface area contributed by atoms with Gasteiger partial charge in [0.1, 0.15) is 11.4 Å². The Kier molecular flexibility index (Phi) is 4.10. The zero-order valence-electron chi connectivity index (χ0n) is 12.4. The highest BCUT2D eigenvalue weighted by Crippen LogP contribution is 2.26. The monoisotopic (exact) mass is 290 g/mol. The summed E-state index contributed by atoms with van der Waals surface area (Å²) in [5, 5.41) is 12.7. The number of rotatable bonds is 4. The van der Waals surface area contributed by atoms with E-state index in [4.69, 9.17) is 4.74 Å². The zero-order chi connectivity index (χ0) is 14.8. The molecule has 0 radical (unpaired) electrons. The Hall–Kier alpha value is -1.62. The minimum Gasteiger partial charge on any atom is -0.478 e. The lowest BCUT2D eigenvalue weighted by atomic mass is 9.94. The fraction of sp³-hybridized carbons (Fsp3) is 0.625. The highest BCUT2D eigenvalue weighted by Gasteiger charge is 2.25. The van der Waals surface area contributed by atoms with Crippen LogP contribution in [-0.4, -0.2) is 35.3 Å². The Labute approximate surface area is 124 Å². The third kappa shape index (κ3) is 3.02. The number of fused-ring (bicyclic) bond motifs is 1. The summed E-state index contributed by atoms with van der Waals surface area (Å²) in [6.07, 6.45) is 5.39. The number of nitrogens with zero attached hydrogens (tertiary/aromatic N) is 1. The molecule has 114 valence electrons. The molecule has 1 aliphatic heterocycles. The van der Waals surface area contributed by atoms with Gasteiger partial charge in [-0.1, -0.05) is 0 Å². The molecule has 2 aliphatic rings. The van der Waals surface area contributed by atoms with Crippen LogP contribution in [-0.2, 0) is 17.6 Å². The van der Waals surface area contributed by atoms with Crippen molar-refractivity contribution in [1.82, 2.24) is 4.98 Å². The topological polar surface area (TPSA) is 71.5 Å². The van der Waals surface area contributed by atoms with Gasteiger partial charge in [0.25, 0.3) is 0 Å². The first-order valence-electron chi connectivity index (χ1n) is 7.76. The van der Waals surface area contributed by atoms with Crippen LogP contribution in [0.1, 0.15) is 47.8 Å². The third-order valence-corrected chi connectivity index (χ3v) is 4.60. The normalized spacial score (nSPS) is 24.6. The summed E-state index contributed by atoms with van der Waals surface area (Å²) >= 11 is 0. The number of hydrogen-bond acceptors (Lipinski definition) is 4. The molecule has 2 N–H and O–H groups in total. The zero-order valence-corrected chi connectivity index (χ0v) is 12.4. The molecule has 1 saturated heterocycles. The number of aromatic carboxylic acids is 1. The van der Waals surface area contributed by atoms with Crippen molar-refractivity contribution in [2.75, 3.05) is 18.5 Å². The lowest BCUT2D eigenvalue weighted by Crippen LogP contribution is -2.23. The maximum atomic E-state index is 11.5. The highest BCUT2D eigenvalue weighted by molar-refractivity contribution is 5.93. The summed E-state index contributed by atoms with van der Waals surface area (Å²) in [5.74, 6) is 0.0285. The molecule has 2 unspecified atom stereocenters. The van der Waals surface area contributed by atoms with Crippen LogP contribution in [0.15, 0.2) is 6.07 Å². The van der Waals surface area contributed by atoms with Crippen LogP contribution in [0.4, 0.5) is 5.82 Å². The van der Waals surface area contributed by atoms with Gasteiger partial charge < -0.3 is 15.2 Å². The van der Waals surface area contributed by atoms with Crippen molar-refractivity contribution < 1.29 is 14.6 Å². The molecule has 5 nitrogen and oxygen atoms in total. The van der Waals surface area contributed by atoms with Gasteiger partial charge in [0, 0.05) is 24.8 Å². The van der Waals surface area contributed by atoms with Gasteiger partial charge in [-0.25, -0.2) is 9.78 Å². The molecule has 0 spiro atoms. The summed E-state index contributed by atoms with van der Waals surface area (Å²) in [5.41, 5.74) is 2.45. The molecule has 1 aromatic heterocycles. The average Bonchev–Trinajstić information content (AvgIpc) is 2.89. The molecule has 0 saturated carbocycles. The van der Waals surface area contributed by atoms with E-state index in [0.717, 1.165) is 50.0 Å². The molecule has 1 aliphatic carbocycles. The standard InChI is InChI=1S/C16H22N2O3/c1-10-12(6-7-21-10)9-17-15-13(16(19)20)8-11-4-2-3-5-14(11)18-15/h8,10,12H,2-7,9H2,1H3,(H,17,18)(H,19,20). The predicted molar refractivity (Wildman–Crippen MR) is 79.8 cm³/mol. The van der Waals surface area contributed by atoms with Crippen LogP contribution < -0.4 is 5.32 Å². The molecule has 0 aromatic carbocycles. The molecular formula is C16H22N2O3. The van der Waals surface area contributed by atoms with Gasteiger partial charge in [-0.05, 0) is 50.7 Å². The quantitative estimate of drug-likeness (QED) is 0.891. The molecule has 1 fully saturated rings. The molecule has 5 heteroatoms. The number of pyridine rings is 1. The number of carboxylic acids is 1. The maximum Gasteiger partial charge on any atom is 0.339 e. The Balaban J connectivity index is 1.80. The Morgan fingerprint density at radius 3 is 3.00 bits per heavy atom. The fourth-order valence-electron chi connectivity index (χ4n) is 3.20. The van der Waals surface area contributed by atoms with Crippen molar-refractivity contribution in [3.8, 4) is 0 Å². The van der Waals surface area contributed by atoms with Crippen LogP contribution in [0.2, 0.25) is 0 Å². The number of carbonyl (C=O) groups is 1. The van der Waals surface area contributed by atoms with E-state index < -0.39 is 5.97 Å². The Morgan fingerprint density at radius 1 is 1.48 bits per heavy atom. The van der Waals surface area contributed by atoms with Crippen LogP contribution >= 0.6 is 0 Å². The van der Waals surface area contributed by atoms with E-state index in [9.17, 15) is 9.90 Å². The predicted octanol–water partition coefficient (Wildman–Crippen LogP) is 2.50. The van der Waals surface area contributed by atoms with E-state index >= 15 is 0 Å². The molecule has 21 heavy (non-hydrogen) atoms. The summed E-state index contributed by atoms with van der Waals surface area (Å²) in [4.78, 5) is 16.1. The van der Waals surface area contributed by atoms with Crippen molar-refractivity contribution in [2.45, 2.75) is 45.1 Å². The number of ether oxygens (including phenoxy) is 1. The van der Waals surface area contributed by atoms with E-state index in [2.05, 4.69) is 17.2 Å². The van der Waals surface area contributed by atoms with Gasteiger partial charge in [0.05, 0.1) is 6.10 Å². The number of anilines is 1. The second kappa shape index (κ2) is 6.02. The molecular weight excluding hydrogens is 268 g/mol. The van der Waals surface area contributed by atoms with E-state index in [0.29, 0.717) is 23.8 Å². The summed E-state index contributed by atoms with van der Waals surface area (Å²) in [6, 6.07) is 1.81. The second-order valence-corrected chi connectivity index (χ2v) is 6.01. The van der Waals surface area contributed by atoms with Gasteiger partial charge in [-0.3, -0.25) is 0 Å². The summed E-state index contributed by atoms with van der Waals surface area (Å²) < 4.78 is 5.55. The number of hydrogen-bond donors (Lipinski definition) is 2. The molecule has 2 atom stereocenters. The molecule has 2 heterocycles. The van der Waals surface area contributed by atoms with Crippen molar-refractivity contribution in [3.05, 3.63) is 22.9 Å². The fourth-order valence-corrected chi connectivity index (χ4v) is 3.20. The molecule has 1 aromatic rings. The van der Waals surface area contributed by atoms with Crippen molar-refractivity contribution in [2.24, 2.45) is 5.92 Å². The lowest BCUT2D eigenvalue weighted by molar-refractivity contribution is 0.0697. The minimum atomic E-state index is -0.908. The van der Waals surface area contributed by atoms with E-state index in [-0.39, 0.29) is 6.10 Å². The Bertz CT molecular complexity index is 545. The second-order valence-electron chi connectivity index (χ2n) is 6.01. The maximum absolute atomic E-state index is 11.5. The van der Waals surface area contributed by atoms with Crippen molar-refractivity contribution in [1.29, 1.82) is 0 Å². The van der Waals surface area contributed by atoms with Gasteiger partial charge in [-0.2, -0.15) is 0 Å². The van der Waals surface area contributed by atoms with Gasteiger partial charge >= 0.3 is 5.97 Å². The third-order valence-electron chi connectivity index (χ3n) is 4.60. The first-order chi connectivity index (χ1) is 10.1. The lowest BCUT2D eigenvalue weighted by Gasteiger charge is -2.20. The first-order valence-corrected chi connectivity index (χ1v) is 7.76. The van der Waals surface area contributed by atoms with E-state index in [1.807, 2.05) is 0 Å². The van der Waals surface area contributed by atoms with E-state index in [1.165, 1.54) is 0 Å². The molecule has 0 bridgehead atoms. The van der Waals surface area contributed by atoms with E-state index in [1.54, 1.807) is 6.07 Å². The summed E-state index contributed by atoms with van der Waals surface area (Å²) in [6.45, 7) is 3.57. The van der Waals surface area contributed by atoms with Crippen LogP contribution in [0, 0.1) is 5.92 Å². The van der Waals surface area contributed by atoms with Crippen LogP contribution in [0.3, 0.4) is 0 Å². The average molecular weight is 290 g/mol.